The number of carbonyl (C=O) groups is 1. The smallest absolute Gasteiger partial charge is 0.264 e. The summed E-state index contributed by atoms with van der Waals surface area (Å²) in [5.74, 6) is -0.718. The summed E-state index contributed by atoms with van der Waals surface area (Å²) < 4.78 is 27.6. The molecule has 7 heteroatoms. The second kappa shape index (κ2) is 6.72. The number of nitrogens with zero attached hydrogens (tertiary/aromatic N) is 1. The fourth-order valence-electron chi connectivity index (χ4n) is 2.29. The van der Waals surface area contributed by atoms with Crippen molar-refractivity contribution in [2.24, 2.45) is 5.73 Å². The van der Waals surface area contributed by atoms with E-state index in [9.17, 15) is 13.2 Å². The van der Waals surface area contributed by atoms with Crippen LogP contribution in [-0.4, -0.2) is 20.9 Å². The van der Waals surface area contributed by atoms with Crippen LogP contribution in [0.4, 0.5) is 5.69 Å². The highest BCUT2D eigenvalue weighted by Crippen LogP contribution is 2.26. The summed E-state index contributed by atoms with van der Waals surface area (Å²) in [6, 6.07) is 11.6. The molecule has 0 bridgehead atoms. The minimum absolute atomic E-state index is 0.0982. The molecule has 2 rings (SSSR count). The zero-order valence-electron chi connectivity index (χ0n) is 12.8. The Morgan fingerprint density at radius 3 is 2.09 bits per heavy atom. The fourth-order valence-corrected chi connectivity index (χ4v) is 3.96. The third-order valence-electron chi connectivity index (χ3n) is 3.20. The Bertz CT molecular complexity index is 813. The molecule has 0 unspecified atom stereocenters. The maximum atomic E-state index is 12.9. The van der Waals surface area contributed by atoms with E-state index >= 15 is 0 Å². The Morgan fingerprint density at radius 2 is 1.61 bits per heavy atom. The molecular weight excluding hydrogens is 380 g/mol. The van der Waals surface area contributed by atoms with Gasteiger partial charge in [0, 0.05) is 4.47 Å². The summed E-state index contributed by atoms with van der Waals surface area (Å²) in [5, 5.41) is 0. The molecule has 5 nitrogen and oxygen atoms in total. The predicted octanol–water partition coefficient (Wildman–Crippen LogP) is 2.75. The Kier molecular flexibility index (Phi) is 5.11. The third kappa shape index (κ3) is 4.11. The van der Waals surface area contributed by atoms with Crippen LogP contribution in [0.2, 0.25) is 0 Å². The van der Waals surface area contributed by atoms with E-state index in [1.54, 1.807) is 24.3 Å². The quantitative estimate of drug-likeness (QED) is 0.843. The number of primary amides is 1. The van der Waals surface area contributed by atoms with Crippen molar-refractivity contribution in [2.45, 2.75) is 18.7 Å². The first-order valence-corrected chi connectivity index (χ1v) is 9.08. The van der Waals surface area contributed by atoms with Crippen molar-refractivity contribution in [3.05, 3.63) is 58.1 Å². The van der Waals surface area contributed by atoms with Crippen LogP contribution in [0.5, 0.6) is 0 Å². The van der Waals surface area contributed by atoms with Gasteiger partial charge in [0.05, 0.1) is 10.6 Å². The van der Waals surface area contributed by atoms with Crippen molar-refractivity contribution < 1.29 is 13.2 Å². The topological polar surface area (TPSA) is 80.5 Å². The summed E-state index contributed by atoms with van der Waals surface area (Å²) in [5.41, 5.74) is 7.48. The molecule has 0 fully saturated rings. The van der Waals surface area contributed by atoms with Crippen LogP contribution in [0.15, 0.2) is 51.8 Å². The standard InChI is InChI=1S/C16H17BrN2O3S/c1-11-7-12(2)9-14(8-11)19(10-16(18)20)23(21,22)15-5-3-13(17)4-6-15/h3-9H,10H2,1-2H3,(H2,18,20). The minimum atomic E-state index is -3.89. The predicted molar refractivity (Wildman–Crippen MR) is 93.8 cm³/mol. The van der Waals surface area contributed by atoms with Crippen LogP contribution in [0, 0.1) is 13.8 Å². The van der Waals surface area contributed by atoms with Gasteiger partial charge < -0.3 is 5.73 Å². The Morgan fingerprint density at radius 1 is 1.09 bits per heavy atom. The first-order chi connectivity index (χ1) is 10.7. The second-order valence-corrected chi connectivity index (χ2v) is 8.06. The van der Waals surface area contributed by atoms with E-state index in [1.165, 1.54) is 12.1 Å². The largest absolute Gasteiger partial charge is 0.368 e. The van der Waals surface area contributed by atoms with E-state index in [-0.39, 0.29) is 4.90 Å². The summed E-state index contributed by atoms with van der Waals surface area (Å²) in [6.45, 7) is 3.32. The number of sulfonamides is 1. The van der Waals surface area contributed by atoms with Crippen LogP contribution in [-0.2, 0) is 14.8 Å². The average molecular weight is 397 g/mol. The fraction of sp³-hybridized carbons (Fsp3) is 0.188. The van der Waals surface area contributed by atoms with Crippen molar-refractivity contribution in [3.8, 4) is 0 Å². The lowest BCUT2D eigenvalue weighted by Gasteiger charge is -2.24. The maximum absolute atomic E-state index is 12.9. The average Bonchev–Trinajstić information content (AvgIpc) is 2.43. The lowest BCUT2D eigenvalue weighted by molar-refractivity contribution is -0.116. The summed E-state index contributed by atoms with van der Waals surface area (Å²) in [4.78, 5) is 11.5. The number of anilines is 1. The first kappa shape index (κ1) is 17.5. The van der Waals surface area contributed by atoms with Gasteiger partial charge in [0.1, 0.15) is 6.54 Å². The number of amides is 1. The van der Waals surface area contributed by atoms with Crippen molar-refractivity contribution in [2.75, 3.05) is 10.8 Å². The molecule has 0 saturated carbocycles. The molecule has 1 amide bonds. The normalized spacial score (nSPS) is 11.3. The van der Waals surface area contributed by atoms with Crippen molar-refractivity contribution >= 4 is 37.5 Å². The number of hydrogen-bond acceptors (Lipinski definition) is 3. The number of rotatable bonds is 5. The molecule has 0 aliphatic rings. The van der Waals surface area contributed by atoms with Gasteiger partial charge in [0.2, 0.25) is 5.91 Å². The van der Waals surface area contributed by atoms with Crippen molar-refractivity contribution in [1.29, 1.82) is 0 Å². The van der Waals surface area contributed by atoms with Gasteiger partial charge >= 0.3 is 0 Å². The Balaban J connectivity index is 2.57. The Hall–Kier alpha value is -1.86. The SMILES string of the molecule is Cc1cc(C)cc(N(CC(N)=O)S(=O)(=O)c2ccc(Br)cc2)c1. The van der Waals surface area contributed by atoms with Crippen LogP contribution in [0.25, 0.3) is 0 Å². The number of aryl methyl sites for hydroxylation is 2. The summed E-state index contributed by atoms with van der Waals surface area (Å²) in [6.07, 6.45) is 0. The molecule has 0 aromatic heterocycles. The zero-order valence-corrected chi connectivity index (χ0v) is 15.2. The van der Waals surface area contributed by atoms with E-state index in [0.717, 1.165) is 19.9 Å². The second-order valence-electron chi connectivity index (χ2n) is 5.28. The lowest BCUT2D eigenvalue weighted by atomic mass is 10.1. The van der Waals surface area contributed by atoms with Crippen LogP contribution < -0.4 is 10.0 Å². The van der Waals surface area contributed by atoms with Gasteiger partial charge in [-0.25, -0.2) is 8.42 Å². The van der Waals surface area contributed by atoms with Crippen LogP contribution in [0.1, 0.15) is 11.1 Å². The van der Waals surface area contributed by atoms with E-state index in [1.807, 2.05) is 19.9 Å². The molecule has 0 radical (unpaired) electrons. The number of halogens is 1. The molecule has 0 spiro atoms. The van der Waals surface area contributed by atoms with E-state index in [4.69, 9.17) is 5.73 Å². The lowest BCUT2D eigenvalue weighted by Crippen LogP contribution is -2.38. The molecule has 23 heavy (non-hydrogen) atoms. The molecule has 0 aliphatic heterocycles. The highest BCUT2D eigenvalue weighted by Gasteiger charge is 2.26. The van der Waals surface area contributed by atoms with E-state index in [2.05, 4.69) is 15.9 Å². The highest BCUT2D eigenvalue weighted by molar-refractivity contribution is 9.10. The van der Waals surface area contributed by atoms with Gasteiger partial charge in [-0.05, 0) is 61.4 Å². The van der Waals surface area contributed by atoms with Gasteiger partial charge in [0.25, 0.3) is 10.0 Å². The molecule has 0 atom stereocenters. The van der Waals surface area contributed by atoms with Crippen molar-refractivity contribution in [1.82, 2.24) is 0 Å². The molecule has 2 N–H and O–H groups in total. The zero-order chi connectivity index (χ0) is 17.2. The van der Waals surface area contributed by atoms with E-state index in [0.29, 0.717) is 5.69 Å². The van der Waals surface area contributed by atoms with Gasteiger partial charge in [-0.3, -0.25) is 9.10 Å². The number of nitrogens with two attached hydrogens (primary N) is 1. The number of benzene rings is 2. The molecule has 0 heterocycles. The van der Waals surface area contributed by atoms with Crippen molar-refractivity contribution in [3.63, 3.8) is 0 Å². The van der Waals surface area contributed by atoms with Gasteiger partial charge in [-0.2, -0.15) is 0 Å². The first-order valence-electron chi connectivity index (χ1n) is 6.85. The minimum Gasteiger partial charge on any atom is -0.368 e. The Labute approximate surface area is 144 Å². The highest BCUT2D eigenvalue weighted by atomic mass is 79.9. The summed E-state index contributed by atoms with van der Waals surface area (Å²) >= 11 is 3.27. The molecule has 122 valence electrons. The maximum Gasteiger partial charge on any atom is 0.264 e. The van der Waals surface area contributed by atoms with Crippen LogP contribution in [0.3, 0.4) is 0 Å². The molecule has 2 aromatic carbocycles. The molecule has 0 aliphatic carbocycles. The monoisotopic (exact) mass is 396 g/mol. The van der Waals surface area contributed by atoms with E-state index < -0.39 is 22.5 Å². The molecule has 2 aromatic rings. The molecular formula is C16H17BrN2O3S. The van der Waals surface area contributed by atoms with Gasteiger partial charge in [0.15, 0.2) is 0 Å². The van der Waals surface area contributed by atoms with Gasteiger partial charge in [-0.15, -0.1) is 0 Å². The summed E-state index contributed by atoms with van der Waals surface area (Å²) in [7, 11) is -3.89. The third-order valence-corrected chi connectivity index (χ3v) is 5.51. The van der Waals surface area contributed by atoms with Crippen LogP contribution >= 0.6 is 15.9 Å². The number of carbonyl (C=O) groups excluding carboxylic acids is 1. The van der Waals surface area contributed by atoms with Gasteiger partial charge in [-0.1, -0.05) is 22.0 Å². The number of hydrogen-bond donors (Lipinski definition) is 1. The molecule has 0 saturated heterocycles.